The molecule has 2 heterocycles. The largest absolute Gasteiger partial charge is 0.419 e. The fourth-order valence-electron chi connectivity index (χ4n) is 2.30. The summed E-state index contributed by atoms with van der Waals surface area (Å²) >= 11 is 0. The number of nitrogens with one attached hydrogen (secondary N) is 1. The summed E-state index contributed by atoms with van der Waals surface area (Å²) in [5.41, 5.74) is -0.846. The topological polar surface area (TPSA) is 62.3 Å². The lowest BCUT2D eigenvalue weighted by molar-refractivity contribution is -0.137. The summed E-state index contributed by atoms with van der Waals surface area (Å²) in [5.74, 6) is -0.259. The number of hydrogen-bond donors (Lipinski definition) is 1. The van der Waals surface area contributed by atoms with Crippen molar-refractivity contribution in [2.24, 2.45) is 0 Å². The first-order chi connectivity index (χ1) is 9.68. The van der Waals surface area contributed by atoms with Gasteiger partial charge in [-0.05, 0) is 25.0 Å². The van der Waals surface area contributed by atoms with Crippen molar-refractivity contribution in [3.8, 4) is 0 Å². The van der Waals surface area contributed by atoms with Crippen molar-refractivity contribution in [3.63, 3.8) is 0 Å². The first kappa shape index (κ1) is 16.0. The average Bonchev–Trinajstić information content (AvgIpc) is 2.37. The van der Waals surface area contributed by atoms with Crippen LogP contribution < -0.4 is 5.32 Å². The summed E-state index contributed by atoms with van der Waals surface area (Å²) in [6.45, 7) is 0.540. The number of pyridine rings is 1. The number of hydrogen-bond acceptors (Lipinski definition) is 4. The van der Waals surface area contributed by atoms with Crippen molar-refractivity contribution in [3.05, 3.63) is 23.9 Å². The van der Waals surface area contributed by atoms with E-state index in [0.717, 1.165) is 12.3 Å². The highest BCUT2D eigenvalue weighted by atomic mass is 32.2. The minimum Gasteiger partial charge on any atom is -0.366 e. The predicted octanol–water partition coefficient (Wildman–Crippen LogP) is 1.94. The molecule has 21 heavy (non-hydrogen) atoms. The Balaban J connectivity index is 2.16. The van der Waals surface area contributed by atoms with Gasteiger partial charge in [0.25, 0.3) is 0 Å². The Morgan fingerprint density at radius 3 is 2.76 bits per heavy atom. The molecule has 1 fully saturated rings. The van der Waals surface area contributed by atoms with Crippen molar-refractivity contribution in [2.75, 3.05) is 24.7 Å². The second-order valence-corrected chi connectivity index (χ2v) is 6.98. The second kappa shape index (κ2) is 5.80. The molecule has 0 radical (unpaired) electrons. The Morgan fingerprint density at radius 1 is 1.43 bits per heavy atom. The van der Waals surface area contributed by atoms with Gasteiger partial charge in [-0.15, -0.1) is 0 Å². The zero-order valence-electron chi connectivity index (χ0n) is 11.4. The van der Waals surface area contributed by atoms with E-state index in [4.69, 9.17) is 0 Å². The number of nitrogens with zero attached hydrogens (tertiary/aromatic N) is 2. The van der Waals surface area contributed by atoms with Crippen molar-refractivity contribution < 1.29 is 21.6 Å². The maximum atomic E-state index is 12.9. The second-order valence-electron chi connectivity index (χ2n) is 5.00. The van der Waals surface area contributed by atoms with Crippen LogP contribution in [0.25, 0.3) is 0 Å². The average molecular weight is 323 g/mol. The zero-order valence-corrected chi connectivity index (χ0v) is 12.2. The maximum absolute atomic E-state index is 12.9. The normalized spacial score (nSPS) is 21.2. The summed E-state index contributed by atoms with van der Waals surface area (Å²) in [6, 6.07) is 1.79. The van der Waals surface area contributed by atoms with Gasteiger partial charge in [0.15, 0.2) is 0 Å². The Bertz CT molecular complexity index is 604. The molecule has 0 aliphatic carbocycles. The quantitative estimate of drug-likeness (QED) is 0.923. The summed E-state index contributed by atoms with van der Waals surface area (Å²) in [5, 5.41) is 2.72. The van der Waals surface area contributed by atoms with E-state index in [1.807, 2.05) is 0 Å². The van der Waals surface area contributed by atoms with Crippen molar-refractivity contribution in [1.82, 2.24) is 9.29 Å². The highest BCUT2D eigenvalue weighted by molar-refractivity contribution is 7.88. The number of rotatable bonds is 3. The van der Waals surface area contributed by atoms with Crippen LogP contribution in [0.1, 0.15) is 18.4 Å². The van der Waals surface area contributed by atoms with Crippen LogP contribution in [0.15, 0.2) is 18.3 Å². The molecule has 118 valence electrons. The molecular weight excluding hydrogens is 307 g/mol. The monoisotopic (exact) mass is 323 g/mol. The first-order valence-corrected chi connectivity index (χ1v) is 8.26. The van der Waals surface area contributed by atoms with Gasteiger partial charge in [0.2, 0.25) is 10.0 Å². The summed E-state index contributed by atoms with van der Waals surface area (Å²) in [6.07, 6.45) is -0.938. The number of anilines is 1. The molecular formula is C12H16F3N3O2S. The SMILES string of the molecule is CS(=O)(=O)N1CCCC(Nc2ncccc2C(F)(F)F)C1. The molecule has 0 spiro atoms. The van der Waals surface area contributed by atoms with Gasteiger partial charge in [-0.2, -0.15) is 13.2 Å². The number of piperidine rings is 1. The van der Waals surface area contributed by atoms with Crippen molar-refractivity contribution >= 4 is 15.8 Å². The van der Waals surface area contributed by atoms with Gasteiger partial charge < -0.3 is 5.32 Å². The molecule has 1 atom stereocenters. The van der Waals surface area contributed by atoms with Crippen molar-refractivity contribution in [1.29, 1.82) is 0 Å². The molecule has 0 bridgehead atoms. The van der Waals surface area contributed by atoms with Gasteiger partial charge in [-0.25, -0.2) is 17.7 Å². The molecule has 9 heteroatoms. The van der Waals surface area contributed by atoms with Crippen LogP contribution in [-0.4, -0.2) is 43.1 Å². The van der Waals surface area contributed by atoms with E-state index < -0.39 is 21.8 Å². The lowest BCUT2D eigenvalue weighted by Gasteiger charge is -2.32. The molecule has 0 saturated carbocycles. The molecule has 1 saturated heterocycles. The molecule has 5 nitrogen and oxygen atoms in total. The molecule has 2 rings (SSSR count). The molecule has 0 aromatic carbocycles. The molecule has 1 aromatic heterocycles. The number of aromatic nitrogens is 1. The predicted molar refractivity (Wildman–Crippen MR) is 72.3 cm³/mol. The fraction of sp³-hybridized carbons (Fsp3) is 0.583. The van der Waals surface area contributed by atoms with E-state index in [9.17, 15) is 21.6 Å². The van der Waals surface area contributed by atoms with Gasteiger partial charge in [0.05, 0.1) is 11.8 Å². The summed E-state index contributed by atoms with van der Waals surface area (Å²) in [4.78, 5) is 3.73. The van der Waals surface area contributed by atoms with Gasteiger partial charge in [-0.3, -0.25) is 0 Å². The summed E-state index contributed by atoms with van der Waals surface area (Å²) in [7, 11) is -3.34. The fourth-order valence-corrected chi connectivity index (χ4v) is 3.22. The van der Waals surface area contributed by atoms with E-state index in [-0.39, 0.29) is 18.4 Å². The minimum atomic E-state index is -4.50. The van der Waals surface area contributed by atoms with E-state index in [2.05, 4.69) is 10.3 Å². The first-order valence-electron chi connectivity index (χ1n) is 6.42. The Kier molecular flexibility index (Phi) is 4.43. The van der Waals surface area contributed by atoms with Crippen LogP contribution in [-0.2, 0) is 16.2 Å². The van der Waals surface area contributed by atoms with Crippen LogP contribution in [0.4, 0.5) is 19.0 Å². The highest BCUT2D eigenvalue weighted by Crippen LogP contribution is 2.34. The smallest absolute Gasteiger partial charge is 0.366 e. The van der Waals surface area contributed by atoms with Gasteiger partial charge in [0, 0.05) is 25.3 Å². The Morgan fingerprint density at radius 2 is 2.14 bits per heavy atom. The molecule has 1 aromatic rings. The Labute approximate surface area is 121 Å². The van der Waals surface area contributed by atoms with E-state index in [1.165, 1.54) is 16.6 Å². The lowest BCUT2D eigenvalue weighted by Crippen LogP contribution is -2.44. The molecule has 1 aliphatic rings. The van der Waals surface area contributed by atoms with Crippen LogP contribution >= 0.6 is 0 Å². The van der Waals surface area contributed by atoms with Crippen molar-refractivity contribution in [2.45, 2.75) is 25.1 Å². The molecule has 1 unspecified atom stereocenters. The zero-order chi connectivity index (χ0) is 15.7. The van der Waals surface area contributed by atoms with Gasteiger partial charge in [0.1, 0.15) is 5.82 Å². The third-order valence-corrected chi connectivity index (χ3v) is 4.58. The minimum absolute atomic E-state index is 0.146. The lowest BCUT2D eigenvalue weighted by atomic mass is 10.1. The maximum Gasteiger partial charge on any atom is 0.419 e. The third-order valence-electron chi connectivity index (χ3n) is 3.31. The molecule has 1 aliphatic heterocycles. The number of alkyl halides is 3. The van der Waals surface area contributed by atoms with Crippen LogP contribution in [0.2, 0.25) is 0 Å². The Hall–Kier alpha value is -1.35. The number of sulfonamides is 1. The van der Waals surface area contributed by atoms with Gasteiger partial charge >= 0.3 is 6.18 Å². The molecule has 1 N–H and O–H groups in total. The van der Waals surface area contributed by atoms with E-state index in [1.54, 1.807) is 0 Å². The number of halogens is 3. The van der Waals surface area contributed by atoms with E-state index >= 15 is 0 Å². The highest BCUT2D eigenvalue weighted by Gasteiger charge is 2.35. The summed E-state index contributed by atoms with van der Waals surface area (Å²) < 4.78 is 62.9. The van der Waals surface area contributed by atoms with Crippen LogP contribution in [0, 0.1) is 0 Å². The van der Waals surface area contributed by atoms with Crippen LogP contribution in [0.5, 0.6) is 0 Å². The molecule has 0 amide bonds. The van der Waals surface area contributed by atoms with Crippen LogP contribution in [0.3, 0.4) is 0 Å². The third kappa shape index (κ3) is 4.07. The van der Waals surface area contributed by atoms with E-state index in [0.29, 0.717) is 19.4 Å². The standard InChI is InChI=1S/C12H16F3N3O2S/c1-21(19,20)18-7-3-4-9(8-18)17-11-10(12(13,14)15)5-2-6-16-11/h2,5-6,9H,3-4,7-8H2,1H3,(H,16,17). The van der Waals surface area contributed by atoms with Gasteiger partial charge in [-0.1, -0.05) is 0 Å².